The number of aromatic nitrogens is 2. The highest BCUT2D eigenvalue weighted by Gasteiger charge is 2.41. The van der Waals surface area contributed by atoms with Crippen LogP contribution in [0.25, 0.3) is 0 Å². The van der Waals surface area contributed by atoms with E-state index < -0.39 is 5.60 Å². The second-order valence-corrected chi connectivity index (χ2v) is 6.00. The lowest BCUT2D eigenvalue weighted by Gasteiger charge is -2.39. The fourth-order valence-corrected chi connectivity index (χ4v) is 3.04. The largest absolute Gasteiger partial charge is 0.362 e. The number of nitrogens with one attached hydrogen (secondary N) is 1. The van der Waals surface area contributed by atoms with E-state index in [4.69, 9.17) is 4.74 Å². The Balaban J connectivity index is 1.67. The van der Waals surface area contributed by atoms with Crippen molar-refractivity contribution in [3.05, 3.63) is 18.5 Å². The number of carbonyl (C=O) groups excluding carboxylic acids is 1. The van der Waals surface area contributed by atoms with Crippen molar-refractivity contribution >= 4 is 11.9 Å². The molecule has 1 aliphatic heterocycles. The molecule has 0 aromatic carbocycles. The number of anilines is 1. The van der Waals surface area contributed by atoms with Crippen molar-refractivity contribution in [3.8, 4) is 0 Å². The molecule has 6 heteroatoms. The number of hydrogen-bond acceptors (Lipinski definition) is 5. The highest BCUT2D eigenvalue weighted by molar-refractivity contribution is 5.86. The predicted octanol–water partition coefficient (Wildman–Crippen LogP) is 1.13. The summed E-state index contributed by atoms with van der Waals surface area (Å²) in [4.78, 5) is 23.1. The molecule has 2 aliphatic rings. The van der Waals surface area contributed by atoms with Crippen LogP contribution in [0.1, 0.15) is 32.6 Å². The molecule has 1 saturated heterocycles. The van der Waals surface area contributed by atoms with E-state index in [1.165, 1.54) is 12.8 Å². The zero-order chi connectivity index (χ0) is 14.7. The molecule has 1 N–H and O–H groups in total. The van der Waals surface area contributed by atoms with E-state index in [1.54, 1.807) is 18.5 Å². The maximum Gasteiger partial charge on any atom is 0.254 e. The molecule has 1 saturated carbocycles. The fourth-order valence-electron chi connectivity index (χ4n) is 3.04. The number of nitrogens with zero attached hydrogens (tertiary/aromatic N) is 3. The zero-order valence-electron chi connectivity index (χ0n) is 12.4. The summed E-state index contributed by atoms with van der Waals surface area (Å²) in [6.07, 6.45) is 7.99. The van der Waals surface area contributed by atoms with E-state index in [1.807, 2.05) is 11.8 Å². The van der Waals surface area contributed by atoms with Crippen LogP contribution in [0.4, 0.5) is 5.95 Å². The minimum atomic E-state index is -0.833. The lowest BCUT2D eigenvalue weighted by molar-refractivity contribution is -0.147. The van der Waals surface area contributed by atoms with Gasteiger partial charge < -0.3 is 15.0 Å². The van der Waals surface area contributed by atoms with Crippen LogP contribution in [0.15, 0.2) is 18.5 Å². The molecule has 2 heterocycles. The molecule has 2 fully saturated rings. The standard InChI is InChI=1S/C15H22N4O2/c1-15(13(20)18-12-5-2-3-6-12)11-19(9-10-21-15)14-16-7-4-8-17-14/h4,7-8,12H,2-3,5-6,9-11H2,1H3,(H,18,20)/t15-/m0/s1. The number of ether oxygens (including phenoxy) is 1. The van der Waals surface area contributed by atoms with Crippen molar-refractivity contribution in [1.82, 2.24) is 15.3 Å². The van der Waals surface area contributed by atoms with Gasteiger partial charge in [-0.15, -0.1) is 0 Å². The van der Waals surface area contributed by atoms with Crippen molar-refractivity contribution in [2.45, 2.75) is 44.2 Å². The summed E-state index contributed by atoms with van der Waals surface area (Å²) < 4.78 is 5.78. The van der Waals surface area contributed by atoms with Crippen LogP contribution in [0.2, 0.25) is 0 Å². The lowest BCUT2D eigenvalue weighted by atomic mass is 10.0. The Labute approximate surface area is 124 Å². The Bertz CT molecular complexity index is 490. The molecule has 1 amide bonds. The van der Waals surface area contributed by atoms with Crippen LogP contribution >= 0.6 is 0 Å². The molecule has 114 valence electrons. The molecule has 0 radical (unpaired) electrons. The molecule has 0 bridgehead atoms. The molecule has 1 atom stereocenters. The first-order valence-corrected chi connectivity index (χ1v) is 7.64. The summed E-state index contributed by atoms with van der Waals surface area (Å²) in [6.45, 7) is 3.55. The third-order valence-electron chi connectivity index (χ3n) is 4.28. The quantitative estimate of drug-likeness (QED) is 0.904. The molecule has 21 heavy (non-hydrogen) atoms. The number of morpholine rings is 1. The topological polar surface area (TPSA) is 67.4 Å². The van der Waals surface area contributed by atoms with Gasteiger partial charge >= 0.3 is 0 Å². The molecule has 3 rings (SSSR count). The first-order valence-electron chi connectivity index (χ1n) is 7.64. The van der Waals surface area contributed by atoms with Gasteiger partial charge in [0, 0.05) is 25.0 Å². The maximum absolute atomic E-state index is 12.5. The highest BCUT2D eigenvalue weighted by atomic mass is 16.5. The van der Waals surface area contributed by atoms with E-state index in [0.717, 1.165) is 12.8 Å². The molecule has 6 nitrogen and oxygen atoms in total. The van der Waals surface area contributed by atoms with Crippen molar-refractivity contribution < 1.29 is 9.53 Å². The average Bonchev–Trinajstić information content (AvgIpc) is 3.01. The minimum Gasteiger partial charge on any atom is -0.362 e. The first kappa shape index (κ1) is 14.3. The monoisotopic (exact) mass is 290 g/mol. The van der Waals surface area contributed by atoms with Crippen LogP contribution in [0, 0.1) is 0 Å². The Morgan fingerprint density at radius 2 is 2.10 bits per heavy atom. The maximum atomic E-state index is 12.5. The van der Waals surface area contributed by atoms with Crippen LogP contribution < -0.4 is 10.2 Å². The van der Waals surface area contributed by atoms with Gasteiger partial charge in [0.25, 0.3) is 5.91 Å². The Hall–Kier alpha value is -1.69. The van der Waals surface area contributed by atoms with Gasteiger partial charge in [-0.2, -0.15) is 0 Å². The van der Waals surface area contributed by atoms with Crippen molar-refractivity contribution in [2.75, 3.05) is 24.6 Å². The van der Waals surface area contributed by atoms with E-state index >= 15 is 0 Å². The molecule has 1 aromatic rings. The summed E-state index contributed by atoms with van der Waals surface area (Å²) in [6, 6.07) is 2.09. The van der Waals surface area contributed by atoms with Gasteiger partial charge in [0.2, 0.25) is 5.95 Å². The second-order valence-electron chi connectivity index (χ2n) is 6.00. The summed E-state index contributed by atoms with van der Waals surface area (Å²) in [5, 5.41) is 3.13. The van der Waals surface area contributed by atoms with Gasteiger partial charge in [0.1, 0.15) is 0 Å². The number of amides is 1. The van der Waals surface area contributed by atoms with Gasteiger partial charge in [0.05, 0.1) is 13.2 Å². The summed E-state index contributed by atoms with van der Waals surface area (Å²) >= 11 is 0. The van der Waals surface area contributed by atoms with Gasteiger partial charge in [-0.05, 0) is 25.8 Å². The summed E-state index contributed by atoms with van der Waals surface area (Å²) in [7, 11) is 0. The van der Waals surface area contributed by atoms with Gasteiger partial charge in [0.15, 0.2) is 5.60 Å². The normalized spacial score (nSPS) is 26.8. The highest BCUT2D eigenvalue weighted by Crippen LogP contribution is 2.23. The average molecular weight is 290 g/mol. The zero-order valence-corrected chi connectivity index (χ0v) is 12.4. The summed E-state index contributed by atoms with van der Waals surface area (Å²) in [5.41, 5.74) is -0.833. The fraction of sp³-hybridized carbons (Fsp3) is 0.667. The van der Waals surface area contributed by atoms with Crippen LogP contribution in [-0.4, -0.2) is 47.2 Å². The van der Waals surface area contributed by atoms with E-state index in [9.17, 15) is 4.79 Å². The Morgan fingerprint density at radius 3 is 2.81 bits per heavy atom. The Morgan fingerprint density at radius 1 is 1.38 bits per heavy atom. The third-order valence-corrected chi connectivity index (χ3v) is 4.28. The molecule has 1 aliphatic carbocycles. The van der Waals surface area contributed by atoms with Gasteiger partial charge in [-0.1, -0.05) is 12.8 Å². The molecule has 1 aromatic heterocycles. The SMILES string of the molecule is C[C@@]1(C(=O)NC2CCCC2)CN(c2ncccn2)CCO1. The minimum absolute atomic E-state index is 0.0185. The number of rotatable bonds is 3. The predicted molar refractivity (Wildman–Crippen MR) is 79.0 cm³/mol. The van der Waals surface area contributed by atoms with Gasteiger partial charge in [-0.25, -0.2) is 9.97 Å². The van der Waals surface area contributed by atoms with Crippen molar-refractivity contribution in [1.29, 1.82) is 0 Å². The number of carbonyl (C=O) groups is 1. The van der Waals surface area contributed by atoms with Crippen LogP contribution in [-0.2, 0) is 9.53 Å². The first-order chi connectivity index (χ1) is 10.2. The van der Waals surface area contributed by atoms with E-state index in [2.05, 4.69) is 15.3 Å². The number of hydrogen-bond donors (Lipinski definition) is 1. The van der Waals surface area contributed by atoms with Crippen LogP contribution in [0.3, 0.4) is 0 Å². The molecular formula is C15H22N4O2. The summed E-state index contributed by atoms with van der Waals surface area (Å²) in [5.74, 6) is 0.635. The lowest BCUT2D eigenvalue weighted by Crippen LogP contribution is -2.59. The smallest absolute Gasteiger partial charge is 0.254 e. The molecule has 0 unspecified atom stereocenters. The Kier molecular flexibility index (Phi) is 4.05. The van der Waals surface area contributed by atoms with Crippen molar-refractivity contribution in [2.24, 2.45) is 0 Å². The molecule has 0 spiro atoms. The second kappa shape index (κ2) is 5.97. The van der Waals surface area contributed by atoms with Crippen LogP contribution in [0.5, 0.6) is 0 Å². The van der Waals surface area contributed by atoms with Crippen molar-refractivity contribution in [3.63, 3.8) is 0 Å². The van der Waals surface area contributed by atoms with Gasteiger partial charge in [-0.3, -0.25) is 4.79 Å². The molecular weight excluding hydrogens is 268 g/mol. The van der Waals surface area contributed by atoms with E-state index in [0.29, 0.717) is 31.7 Å². The third kappa shape index (κ3) is 3.15. The van der Waals surface area contributed by atoms with E-state index in [-0.39, 0.29) is 5.91 Å².